The van der Waals surface area contributed by atoms with Gasteiger partial charge in [-0.3, -0.25) is 4.79 Å². The number of nitrogens with one attached hydrogen (secondary N) is 1. The second-order valence-corrected chi connectivity index (χ2v) is 6.71. The molecule has 19 heavy (non-hydrogen) atoms. The molecule has 3 unspecified atom stereocenters. The number of rotatable bonds is 6. The Labute approximate surface area is 117 Å². The van der Waals surface area contributed by atoms with Crippen molar-refractivity contribution in [3.05, 3.63) is 0 Å². The van der Waals surface area contributed by atoms with Crippen LogP contribution in [-0.2, 0) is 4.79 Å². The van der Waals surface area contributed by atoms with Crippen molar-refractivity contribution in [2.75, 3.05) is 13.1 Å². The molecule has 1 saturated carbocycles. The van der Waals surface area contributed by atoms with E-state index in [0.29, 0.717) is 24.9 Å². The van der Waals surface area contributed by atoms with E-state index >= 15 is 0 Å². The largest absolute Gasteiger partial charge is 0.388 e. The van der Waals surface area contributed by atoms with Gasteiger partial charge >= 0.3 is 0 Å². The molecule has 0 heterocycles. The molecule has 4 N–H and O–H groups in total. The molecular weight excluding hydrogens is 240 g/mol. The van der Waals surface area contributed by atoms with Crippen molar-refractivity contribution in [2.45, 2.75) is 58.5 Å². The van der Waals surface area contributed by atoms with Gasteiger partial charge in [-0.1, -0.05) is 33.6 Å². The van der Waals surface area contributed by atoms with E-state index in [-0.39, 0.29) is 11.8 Å². The van der Waals surface area contributed by atoms with E-state index in [1.807, 2.05) is 0 Å². The molecular formula is C15H30N2O2. The van der Waals surface area contributed by atoms with E-state index in [1.54, 1.807) is 0 Å². The standard InChI is InChI=1S/C15H30N2O2/c1-11(2)7-13(9-16)14(18)17-10-15(19)6-4-5-12(3)8-15/h11-13,19H,4-10,16H2,1-3H3,(H,17,18). The first kappa shape index (κ1) is 16.4. The first-order valence-electron chi connectivity index (χ1n) is 7.56. The lowest BCUT2D eigenvalue weighted by molar-refractivity contribution is -0.127. The van der Waals surface area contributed by atoms with E-state index in [0.717, 1.165) is 25.7 Å². The summed E-state index contributed by atoms with van der Waals surface area (Å²) in [4.78, 5) is 12.1. The molecule has 3 atom stereocenters. The lowest BCUT2D eigenvalue weighted by Gasteiger charge is -2.36. The minimum atomic E-state index is -0.718. The summed E-state index contributed by atoms with van der Waals surface area (Å²) in [5.74, 6) is 0.848. The smallest absolute Gasteiger partial charge is 0.224 e. The minimum Gasteiger partial charge on any atom is -0.388 e. The molecule has 0 spiro atoms. The molecule has 1 fully saturated rings. The van der Waals surface area contributed by atoms with Gasteiger partial charge in [0.25, 0.3) is 0 Å². The van der Waals surface area contributed by atoms with E-state index < -0.39 is 5.60 Å². The molecule has 4 heteroatoms. The van der Waals surface area contributed by atoms with Crippen LogP contribution in [0.15, 0.2) is 0 Å². The van der Waals surface area contributed by atoms with E-state index in [2.05, 4.69) is 26.1 Å². The van der Waals surface area contributed by atoms with Crippen molar-refractivity contribution >= 4 is 5.91 Å². The van der Waals surface area contributed by atoms with Crippen LogP contribution < -0.4 is 11.1 Å². The zero-order valence-corrected chi connectivity index (χ0v) is 12.6. The average molecular weight is 270 g/mol. The van der Waals surface area contributed by atoms with Gasteiger partial charge in [-0.15, -0.1) is 0 Å². The van der Waals surface area contributed by atoms with Crippen molar-refractivity contribution in [1.29, 1.82) is 0 Å². The molecule has 1 aliphatic carbocycles. The normalized spacial score (nSPS) is 29.3. The first-order valence-corrected chi connectivity index (χ1v) is 7.56. The quantitative estimate of drug-likeness (QED) is 0.687. The molecule has 4 nitrogen and oxygen atoms in total. The Kier molecular flexibility index (Phi) is 6.27. The maximum Gasteiger partial charge on any atom is 0.224 e. The summed E-state index contributed by atoms with van der Waals surface area (Å²) in [6.45, 7) is 7.08. The number of hydrogen-bond acceptors (Lipinski definition) is 3. The maximum atomic E-state index is 12.1. The number of aliphatic hydroxyl groups is 1. The lowest BCUT2D eigenvalue weighted by Crippen LogP contribution is -2.48. The molecule has 0 bridgehead atoms. The number of nitrogens with two attached hydrogens (primary N) is 1. The topological polar surface area (TPSA) is 75.4 Å². The number of carbonyl (C=O) groups excluding carboxylic acids is 1. The summed E-state index contributed by atoms with van der Waals surface area (Å²) in [6, 6.07) is 0. The Morgan fingerprint density at radius 2 is 2.21 bits per heavy atom. The van der Waals surface area contributed by atoms with Gasteiger partial charge in [0.15, 0.2) is 0 Å². The van der Waals surface area contributed by atoms with E-state index in [4.69, 9.17) is 5.73 Å². The highest BCUT2D eigenvalue weighted by atomic mass is 16.3. The van der Waals surface area contributed by atoms with Crippen molar-refractivity contribution in [3.8, 4) is 0 Å². The Balaban J connectivity index is 2.43. The third-order valence-electron chi connectivity index (χ3n) is 4.07. The van der Waals surface area contributed by atoms with Gasteiger partial charge < -0.3 is 16.2 Å². The fourth-order valence-electron chi connectivity index (χ4n) is 3.07. The summed E-state index contributed by atoms with van der Waals surface area (Å²) in [5, 5.41) is 13.4. The summed E-state index contributed by atoms with van der Waals surface area (Å²) >= 11 is 0. The second-order valence-electron chi connectivity index (χ2n) is 6.71. The highest BCUT2D eigenvalue weighted by Crippen LogP contribution is 2.31. The van der Waals surface area contributed by atoms with Crippen molar-refractivity contribution in [1.82, 2.24) is 5.32 Å². The van der Waals surface area contributed by atoms with Crippen LogP contribution in [0.1, 0.15) is 52.9 Å². The van der Waals surface area contributed by atoms with Gasteiger partial charge in [0.1, 0.15) is 0 Å². The van der Waals surface area contributed by atoms with Gasteiger partial charge in [0.05, 0.1) is 11.5 Å². The fraction of sp³-hybridized carbons (Fsp3) is 0.933. The van der Waals surface area contributed by atoms with Gasteiger partial charge in [-0.25, -0.2) is 0 Å². The third kappa shape index (κ3) is 5.49. The molecule has 0 aromatic heterocycles. The first-order chi connectivity index (χ1) is 8.86. The lowest BCUT2D eigenvalue weighted by atomic mass is 9.79. The van der Waals surface area contributed by atoms with Crippen molar-refractivity contribution in [3.63, 3.8) is 0 Å². The Morgan fingerprint density at radius 3 is 2.74 bits per heavy atom. The Bertz CT molecular complexity index is 294. The summed E-state index contributed by atoms with van der Waals surface area (Å²) in [7, 11) is 0. The summed E-state index contributed by atoms with van der Waals surface area (Å²) in [6.07, 6.45) is 4.59. The number of amides is 1. The predicted molar refractivity (Wildman–Crippen MR) is 77.6 cm³/mol. The van der Waals surface area contributed by atoms with Gasteiger partial charge in [0.2, 0.25) is 5.91 Å². The van der Waals surface area contributed by atoms with E-state index in [1.165, 1.54) is 6.42 Å². The monoisotopic (exact) mass is 270 g/mol. The zero-order chi connectivity index (χ0) is 14.5. The molecule has 1 aliphatic rings. The third-order valence-corrected chi connectivity index (χ3v) is 4.07. The van der Waals surface area contributed by atoms with Crippen molar-refractivity contribution in [2.24, 2.45) is 23.5 Å². The van der Waals surface area contributed by atoms with Crippen LogP contribution in [0.3, 0.4) is 0 Å². The van der Waals surface area contributed by atoms with E-state index in [9.17, 15) is 9.90 Å². The van der Waals surface area contributed by atoms with Gasteiger partial charge in [-0.2, -0.15) is 0 Å². The summed E-state index contributed by atoms with van der Waals surface area (Å²) in [5.41, 5.74) is 4.94. The van der Waals surface area contributed by atoms with Gasteiger partial charge in [-0.05, 0) is 31.1 Å². The zero-order valence-electron chi connectivity index (χ0n) is 12.6. The Hall–Kier alpha value is -0.610. The summed E-state index contributed by atoms with van der Waals surface area (Å²) < 4.78 is 0. The SMILES string of the molecule is CC(C)CC(CN)C(=O)NCC1(O)CCCC(C)C1. The van der Waals surface area contributed by atoms with Crippen LogP contribution in [0.4, 0.5) is 0 Å². The second kappa shape index (κ2) is 7.25. The highest BCUT2D eigenvalue weighted by molar-refractivity contribution is 5.78. The van der Waals surface area contributed by atoms with Crippen LogP contribution in [0, 0.1) is 17.8 Å². The molecule has 0 aliphatic heterocycles. The fourth-order valence-corrected chi connectivity index (χ4v) is 3.07. The molecule has 0 aromatic carbocycles. The maximum absolute atomic E-state index is 12.1. The predicted octanol–water partition coefficient (Wildman–Crippen LogP) is 1.66. The van der Waals surface area contributed by atoms with Crippen LogP contribution in [0.5, 0.6) is 0 Å². The molecule has 0 radical (unpaired) electrons. The van der Waals surface area contributed by atoms with Crippen LogP contribution in [0.25, 0.3) is 0 Å². The minimum absolute atomic E-state index is 0.0112. The number of hydrogen-bond donors (Lipinski definition) is 3. The molecule has 1 rings (SSSR count). The van der Waals surface area contributed by atoms with Gasteiger partial charge in [0, 0.05) is 13.1 Å². The number of carbonyl (C=O) groups is 1. The molecule has 0 saturated heterocycles. The van der Waals surface area contributed by atoms with Crippen LogP contribution >= 0.6 is 0 Å². The molecule has 1 amide bonds. The van der Waals surface area contributed by atoms with Crippen molar-refractivity contribution < 1.29 is 9.90 Å². The molecule has 0 aromatic rings. The average Bonchev–Trinajstić information content (AvgIpc) is 2.32. The van der Waals surface area contributed by atoms with Crippen LogP contribution in [0.2, 0.25) is 0 Å². The Morgan fingerprint density at radius 1 is 1.53 bits per heavy atom. The molecule has 112 valence electrons. The van der Waals surface area contributed by atoms with Crippen LogP contribution in [-0.4, -0.2) is 29.7 Å². The highest BCUT2D eigenvalue weighted by Gasteiger charge is 2.33.